The highest BCUT2D eigenvalue weighted by atomic mass is 32.2. The first-order valence-electron chi connectivity index (χ1n) is 6.81. The van der Waals surface area contributed by atoms with Crippen molar-refractivity contribution >= 4 is 27.9 Å². The highest BCUT2D eigenvalue weighted by Crippen LogP contribution is 2.13. The van der Waals surface area contributed by atoms with Crippen molar-refractivity contribution in [1.29, 1.82) is 5.41 Å². The van der Waals surface area contributed by atoms with Gasteiger partial charge in [-0.25, -0.2) is 13.2 Å². The second kappa shape index (κ2) is 9.55. The summed E-state index contributed by atoms with van der Waals surface area (Å²) in [5, 5.41) is 18.6. The summed E-state index contributed by atoms with van der Waals surface area (Å²) in [4.78, 5) is 22.2. The highest BCUT2D eigenvalue weighted by Gasteiger charge is 2.29. The fraction of sp³-hybridized carbons (Fsp3) is 0.286. The number of hydrogen-bond acceptors (Lipinski definition) is 5. The molecule has 1 unspecified atom stereocenters. The number of carboxylic acids is 1. The molecule has 1 rings (SSSR count). The standard InChI is InChI=1S/C14H18N4O5S.H2O/c1-9-2-4-11(5-3-9)24(22,23)18-12(13(20)21)10(8-19)6-7-17-14(15)16;/h2-5,12,18H,6-7H2,1H3,(H,20,21)(H4,15,16,17);1H2. The van der Waals surface area contributed by atoms with E-state index in [9.17, 15) is 23.1 Å². The van der Waals surface area contributed by atoms with Crippen LogP contribution in [0, 0.1) is 12.3 Å². The Morgan fingerprint density at radius 2 is 1.92 bits per heavy atom. The third-order valence-corrected chi connectivity index (χ3v) is 4.48. The first-order chi connectivity index (χ1) is 11.2. The molecule has 1 aromatic carbocycles. The normalized spacial score (nSPS) is 11.6. The first kappa shape index (κ1) is 22.3. The van der Waals surface area contributed by atoms with E-state index in [1.165, 1.54) is 18.1 Å². The maximum absolute atomic E-state index is 12.3. The van der Waals surface area contributed by atoms with Gasteiger partial charge >= 0.3 is 5.97 Å². The number of nitrogens with one attached hydrogen (secondary N) is 3. The molecule has 0 saturated carbocycles. The summed E-state index contributed by atoms with van der Waals surface area (Å²) in [7, 11) is -4.14. The van der Waals surface area contributed by atoms with Gasteiger partial charge in [0, 0.05) is 12.1 Å². The van der Waals surface area contributed by atoms with Gasteiger partial charge in [0.2, 0.25) is 10.0 Å². The molecule has 0 aromatic heterocycles. The van der Waals surface area contributed by atoms with Crippen LogP contribution in [-0.2, 0) is 19.6 Å². The summed E-state index contributed by atoms with van der Waals surface area (Å²) in [5.74, 6) is -0.442. The van der Waals surface area contributed by atoms with Crippen LogP contribution in [0.5, 0.6) is 0 Å². The van der Waals surface area contributed by atoms with Gasteiger partial charge in [-0.05, 0) is 25.5 Å². The topological polar surface area (TPSA) is 194 Å². The lowest BCUT2D eigenvalue weighted by Gasteiger charge is -2.16. The Bertz CT molecular complexity index is 769. The van der Waals surface area contributed by atoms with Gasteiger partial charge in [-0.2, -0.15) is 4.72 Å². The fourth-order valence-electron chi connectivity index (χ4n) is 1.80. The van der Waals surface area contributed by atoms with Gasteiger partial charge in [0.1, 0.15) is 5.94 Å². The second-order valence-corrected chi connectivity index (χ2v) is 6.64. The predicted molar refractivity (Wildman–Crippen MR) is 90.3 cm³/mol. The van der Waals surface area contributed by atoms with E-state index >= 15 is 0 Å². The lowest BCUT2D eigenvalue weighted by molar-refractivity contribution is -0.138. The minimum absolute atomic E-state index is 0. The molecular formula is C14H20N4O6S. The molecule has 1 atom stereocenters. The van der Waals surface area contributed by atoms with E-state index in [1.807, 2.05) is 4.72 Å². The smallest absolute Gasteiger partial charge is 0.326 e. The van der Waals surface area contributed by atoms with E-state index in [1.54, 1.807) is 19.1 Å². The van der Waals surface area contributed by atoms with Crippen LogP contribution in [0.4, 0.5) is 0 Å². The van der Waals surface area contributed by atoms with Crippen molar-refractivity contribution in [3.05, 3.63) is 35.4 Å². The SMILES string of the molecule is Cc1ccc(S(=O)(=O)NC(C(=O)O)C(=C=O)CCNC(=N)N)cc1.O. The number of nitrogens with two attached hydrogens (primary N) is 1. The largest absolute Gasteiger partial charge is 0.480 e. The van der Waals surface area contributed by atoms with Gasteiger partial charge < -0.3 is 21.6 Å². The molecule has 138 valence electrons. The molecule has 0 bridgehead atoms. The van der Waals surface area contributed by atoms with E-state index in [2.05, 4.69) is 5.32 Å². The predicted octanol–water partition coefficient (Wildman–Crippen LogP) is -1.47. The summed E-state index contributed by atoms with van der Waals surface area (Å²) in [5.41, 5.74) is 5.61. The Morgan fingerprint density at radius 3 is 2.36 bits per heavy atom. The summed E-state index contributed by atoms with van der Waals surface area (Å²) in [6.07, 6.45) is -0.142. The lowest BCUT2D eigenvalue weighted by atomic mass is 10.1. The van der Waals surface area contributed by atoms with E-state index in [4.69, 9.17) is 11.1 Å². The maximum atomic E-state index is 12.3. The van der Waals surface area contributed by atoms with Crippen LogP contribution in [0.25, 0.3) is 0 Å². The molecule has 0 radical (unpaired) electrons. The van der Waals surface area contributed by atoms with Gasteiger partial charge in [-0.15, -0.1) is 0 Å². The first-order valence-corrected chi connectivity index (χ1v) is 8.29. The fourth-order valence-corrected chi connectivity index (χ4v) is 2.98. The molecule has 0 heterocycles. The van der Waals surface area contributed by atoms with E-state index in [-0.39, 0.29) is 34.9 Å². The lowest BCUT2D eigenvalue weighted by Crippen LogP contribution is -2.43. The van der Waals surface area contributed by atoms with Crippen molar-refractivity contribution < 1.29 is 28.6 Å². The minimum atomic E-state index is -4.14. The number of hydrogen-bond donors (Lipinski definition) is 5. The molecule has 11 heteroatoms. The molecule has 0 spiro atoms. The van der Waals surface area contributed by atoms with Crippen molar-refractivity contribution in [3.63, 3.8) is 0 Å². The maximum Gasteiger partial charge on any atom is 0.326 e. The molecule has 10 nitrogen and oxygen atoms in total. The van der Waals surface area contributed by atoms with Crippen LogP contribution >= 0.6 is 0 Å². The van der Waals surface area contributed by atoms with Crippen LogP contribution in [0.2, 0.25) is 0 Å². The van der Waals surface area contributed by atoms with Gasteiger partial charge in [0.05, 0.1) is 4.90 Å². The van der Waals surface area contributed by atoms with Crippen molar-refractivity contribution in [1.82, 2.24) is 10.0 Å². The Balaban J connectivity index is 0.00000576. The third-order valence-electron chi connectivity index (χ3n) is 3.04. The van der Waals surface area contributed by atoms with Crippen LogP contribution in [0.3, 0.4) is 0 Å². The Morgan fingerprint density at radius 1 is 1.36 bits per heavy atom. The molecule has 0 aliphatic rings. The van der Waals surface area contributed by atoms with Gasteiger partial charge in [0.15, 0.2) is 12.0 Å². The van der Waals surface area contributed by atoms with Gasteiger partial charge in [0.25, 0.3) is 0 Å². The number of carbonyl (C=O) groups is 1. The van der Waals surface area contributed by atoms with Gasteiger partial charge in [-0.3, -0.25) is 10.2 Å². The quantitative estimate of drug-likeness (QED) is 0.209. The third kappa shape index (κ3) is 6.73. The molecule has 0 amide bonds. The zero-order valence-electron chi connectivity index (χ0n) is 13.4. The molecule has 0 saturated heterocycles. The number of aryl methyl sites for hydroxylation is 1. The Hall–Kier alpha value is -2.72. The molecule has 1 aromatic rings. The van der Waals surface area contributed by atoms with Crippen molar-refractivity contribution in [2.24, 2.45) is 5.73 Å². The van der Waals surface area contributed by atoms with Crippen LogP contribution in [-0.4, -0.2) is 49.5 Å². The zero-order chi connectivity index (χ0) is 18.3. The second-order valence-electron chi connectivity index (χ2n) is 4.92. The Labute approximate surface area is 144 Å². The van der Waals surface area contributed by atoms with E-state index < -0.39 is 22.0 Å². The van der Waals surface area contributed by atoms with Crippen LogP contribution in [0.1, 0.15) is 12.0 Å². The van der Waals surface area contributed by atoms with Crippen molar-refractivity contribution in [2.45, 2.75) is 24.3 Å². The number of carboxylic acid groups (broad SMARTS) is 1. The number of carbonyl (C=O) groups excluding carboxylic acids is 1. The highest BCUT2D eigenvalue weighted by molar-refractivity contribution is 7.89. The molecule has 0 fully saturated rings. The van der Waals surface area contributed by atoms with E-state index in [0.717, 1.165) is 5.56 Å². The number of benzene rings is 1. The number of sulfonamides is 1. The minimum Gasteiger partial charge on any atom is -0.480 e. The van der Waals surface area contributed by atoms with Gasteiger partial charge in [-0.1, -0.05) is 17.7 Å². The molecule has 0 aliphatic heterocycles. The summed E-state index contributed by atoms with van der Waals surface area (Å²) in [6, 6.07) is 4.04. The summed E-state index contributed by atoms with van der Waals surface area (Å²) in [6.45, 7) is 1.77. The van der Waals surface area contributed by atoms with Crippen LogP contribution in [0.15, 0.2) is 34.7 Å². The average molecular weight is 372 g/mol. The molecule has 25 heavy (non-hydrogen) atoms. The number of rotatable bonds is 8. The van der Waals surface area contributed by atoms with E-state index in [0.29, 0.717) is 0 Å². The van der Waals surface area contributed by atoms with Crippen LogP contribution < -0.4 is 15.8 Å². The number of aliphatic carboxylic acids is 1. The van der Waals surface area contributed by atoms with Crippen molar-refractivity contribution in [2.75, 3.05) is 6.54 Å². The number of guanidine groups is 1. The molecule has 0 aliphatic carbocycles. The van der Waals surface area contributed by atoms with Crippen molar-refractivity contribution in [3.8, 4) is 0 Å². The molecule has 8 N–H and O–H groups in total. The average Bonchev–Trinajstić information content (AvgIpc) is 2.49. The Kier molecular flexibility index (Phi) is 8.51. The molecular weight excluding hydrogens is 352 g/mol. The summed E-state index contributed by atoms with van der Waals surface area (Å²) >= 11 is 0. The monoisotopic (exact) mass is 372 g/mol. The zero-order valence-corrected chi connectivity index (χ0v) is 14.2. The summed E-state index contributed by atoms with van der Waals surface area (Å²) < 4.78 is 26.5.